The van der Waals surface area contributed by atoms with Gasteiger partial charge in [-0.25, -0.2) is 9.59 Å². The van der Waals surface area contributed by atoms with Crippen LogP contribution in [0.3, 0.4) is 0 Å². The van der Waals surface area contributed by atoms with Crippen LogP contribution in [0.1, 0.15) is 43.7 Å². The van der Waals surface area contributed by atoms with Crippen LogP contribution in [0.5, 0.6) is 5.75 Å². The summed E-state index contributed by atoms with van der Waals surface area (Å²) < 4.78 is 74.5. The minimum Gasteiger partial charge on any atom is -0.482 e. The molecule has 5 heterocycles. The van der Waals surface area contributed by atoms with Gasteiger partial charge in [0.1, 0.15) is 11.4 Å². The van der Waals surface area contributed by atoms with Gasteiger partial charge in [-0.1, -0.05) is 12.1 Å². The number of aromatic nitrogens is 4. The summed E-state index contributed by atoms with van der Waals surface area (Å²) in [6, 6.07) is 8.52. The molecule has 2 N–H and O–H groups in total. The zero-order chi connectivity index (χ0) is 34.4. The summed E-state index contributed by atoms with van der Waals surface area (Å²) in [6.07, 6.45) is 0.710. The zero-order valence-electron chi connectivity index (χ0n) is 25.6. The highest BCUT2D eigenvalue weighted by atomic mass is 19.4. The van der Waals surface area contributed by atoms with E-state index in [1.165, 1.54) is 48.3 Å². The normalized spacial score (nSPS) is 17.4. The third-order valence-electron chi connectivity index (χ3n) is 8.17. The van der Waals surface area contributed by atoms with Crippen molar-refractivity contribution >= 4 is 11.9 Å². The van der Waals surface area contributed by atoms with E-state index in [0.717, 1.165) is 57.9 Å². The summed E-state index contributed by atoms with van der Waals surface area (Å²) in [5.74, 6) is -4.51. The number of hydrogen-bond acceptors (Lipinski definition) is 7. The number of fused-ring (bicyclic) bond motifs is 4. The van der Waals surface area contributed by atoms with Crippen molar-refractivity contribution < 1.29 is 50.9 Å². The van der Waals surface area contributed by atoms with Gasteiger partial charge in [-0.2, -0.15) is 36.5 Å². The van der Waals surface area contributed by atoms with E-state index in [1.807, 2.05) is 10.9 Å². The number of aryl methyl sites for hydroxylation is 1. The molecule has 0 saturated carbocycles. The standard InChI is InChI=1S/C26H34N6O.2C2HF3O2/c1-2-31-20-21(17-27-31)19-30-13-9-26(10-14-30)23-18-28-32(16-15-29-11-5-6-12-29)25(23)22-7-3-4-8-24(22)33-26;2*3-2(4,5)1(6)7/h3-4,7-8,17-18,20H,2,5-6,9-16,19H2,1H3;2*(H,6,7). The van der Waals surface area contributed by atoms with Crippen molar-refractivity contribution in [1.82, 2.24) is 29.4 Å². The first-order chi connectivity index (χ1) is 22.1. The first kappa shape index (κ1) is 35.7. The molecular formula is C30H36F6N6O5. The molecule has 2 saturated heterocycles. The molecule has 2 fully saturated rings. The summed E-state index contributed by atoms with van der Waals surface area (Å²) in [7, 11) is 0. The highest BCUT2D eigenvalue weighted by molar-refractivity contribution is 5.74. The highest BCUT2D eigenvalue weighted by Crippen LogP contribution is 2.49. The molecule has 1 aromatic carbocycles. The van der Waals surface area contributed by atoms with Crippen molar-refractivity contribution in [2.45, 2.75) is 70.2 Å². The molecule has 3 aliphatic heterocycles. The topological polar surface area (TPSA) is 126 Å². The second-order valence-corrected chi connectivity index (χ2v) is 11.4. The highest BCUT2D eigenvalue weighted by Gasteiger charge is 2.45. The van der Waals surface area contributed by atoms with Crippen molar-refractivity contribution in [3.63, 3.8) is 0 Å². The molecule has 258 valence electrons. The lowest BCUT2D eigenvalue weighted by Gasteiger charge is -2.44. The first-order valence-corrected chi connectivity index (χ1v) is 15.0. The maximum atomic E-state index is 10.6. The van der Waals surface area contributed by atoms with Crippen LogP contribution in [0.15, 0.2) is 42.9 Å². The third-order valence-corrected chi connectivity index (χ3v) is 8.17. The van der Waals surface area contributed by atoms with E-state index >= 15 is 0 Å². The molecule has 0 bridgehead atoms. The number of ether oxygens (including phenoxy) is 1. The number of para-hydroxylation sites is 1. The lowest BCUT2D eigenvalue weighted by Crippen LogP contribution is -2.47. The molecule has 2 aromatic heterocycles. The molecule has 0 atom stereocenters. The molecule has 11 nitrogen and oxygen atoms in total. The number of carbonyl (C=O) groups is 2. The minimum absolute atomic E-state index is 0.278. The van der Waals surface area contributed by atoms with E-state index in [1.54, 1.807) is 0 Å². The largest absolute Gasteiger partial charge is 0.490 e. The van der Waals surface area contributed by atoms with E-state index < -0.39 is 24.3 Å². The number of hydrogen-bond donors (Lipinski definition) is 2. The maximum Gasteiger partial charge on any atom is 0.490 e. The van der Waals surface area contributed by atoms with Gasteiger partial charge < -0.3 is 19.8 Å². The van der Waals surface area contributed by atoms with E-state index in [4.69, 9.17) is 29.6 Å². The average molecular weight is 675 g/mol. The fraction of sp³-hybridized carbons (Fsp3) is 0.533. The van der Waals surface area contributed by atoms with Crippen LogP contribution in [-0.4, -0.2) is 96.6 Å². The fourth-order valence-corrected chi connectivity index (χ4v) is 5.79. The van der Waals surface area contributed by atoms with Gasteiger partial charge in [0.15, 0.2) is 0 Å². The number of rotatable bonds is 6. The van der Waals surface area contributed by atoms with Crippen molar-refractivity contribution in [1.29, 1.82) is 0 Å². The number of piperidine rings is 1. The van der Waals surface area contributed by atoms with Crippen molar-refractivity contribution in [2.24, 2.45) is 0 Å². The molecule has 0 aliphatic carbocycles. The number of carboxylic acid groups (broad SMARTS) is 2. The van der Waals surface area contributed by atoms with Crippen molar-refractivity contribution in [3.8, 4) is 17.0 Å². The Morgan fingerprint density at radius 3 is 2.02 bits per heavy atom. The Bertz CT molecular complexity index is 1480. The Morgan fingerprint density at radius 2 is 1.47 bits per heavy atom. The molecule has 0 radical (unpaired) electrons. The zero-order valence-corrected chi connectivity index (χ0v) is 25.6. The summed E-state index contributed by atoms with van der Waals surface area (Å²) in [5.41, 5.74) is 4.75. The first-order valence-electron chi connectivity index (χ1n) is 15.0. The minimum atomic E-state index is -5.08. The predicted octanol–water partition coefficient (Wildman–Crippen LogP) is 5.01. The van der Waals surface area contributed by atoms with Gasteiger partial charge in [0.25, 0.3) is 0 Å². The van der Waals surface area contributed by atoms with E-state index in [-0.39, 0.29) is 5.60 Å². The van der Waals surface area contributed by atoms with Crippen LogP contribution in [0, 0.1) is 0 Å². The second-order valence-electron chi connectivity index (χ2n) is 11.4. The van der Waals surface area contributed by atoms with Gasteiger partial charge in [-0.15, -0.1) is 0 Å². The predicted molar refractivity (Wildman–Crippen MR) is 155 cm³/mol. The Labute approximate surface area is 266 Å². The van der Waals surface area contributed by atoms with E-state index in [9.17, 15) is 26.3 Å². The SMILES string of the molecule is CCn1cc(CN2CCC3(CC2)Oc2ccccc2-c2c3cnn2CCN2CCCC2)cn1.O=C(O)C(F)(F)F.O=C(O)C(F)(F)F. The average Bonchev–Trinajstić information content (AvgIpc) is 3.79. The third kappa shape index (κ3) is 9.03. The lowest BCUT2D eigenvalue weighted by atomic mass is 9.81. The van der Waals surface area contributed by atoms with Gasteiger partial charge in [0, 0.05) is 68.5 Å². The van der Waals surface area contributed by atoms with E-state index in [2.05, 4.69) is 63.2 Å². The quantitative estimate of drug-likeness (QED) is 0.347. The van der Waals surface area contributed by atoms with Crippen LogP contribution in [-0.2, 0) is 34.8 Å². The Kier molecular flexibility index (Phi) is 11.2. The fourth-order valence-electron chi connectivity index (χ4n) is 5.79. The molecule has 3 aromatic rings. The number of halogens is 6. The number of nitrogens with zero attached hydrogens (tertiary/aromatic N) is 6. The lowest BCUT2D eigenvalue weighted by molar-refractivity contribution is -0.193. The van der Waals surface area contributed by atoms with Gasteiger partial charge in [-0.05, 0) is 45.0 Å². The van der Waals surface area contributed by atoms with Gasteiger partial charge in [0.05, 0.1) is 24.6 Å². The summed E-state index contributed by atoms with van der Waals surface area (Å²) in [4.78, 5) is 22.9. The van der Waals surface area contributed by atoms with Crippen LogP contribution in [0.25, 0.3) is 11.3 Å². The van der Waals surface area contributed by atoms with Crippen LogP contribution >= 0.6 is 0 Å². The van der Waals surface area contributed by atoms with Gasteiger partial charge >= 0.3 is 24.3 Å². The Morgan fingerprint density at radius 1 is 0.872 bits per heavy atom. The Balaban J connectivity index is 0.000000301. The summed E-state index contributed by atoms with van der Waals surface area (Å²) in [5, 5.41) is 23.6. The van der Waals surface area contributed by atoms with E-state index in [0.29, 0.717) is 0 Å². The number of likely N-dealkylation sites (tertiary alicyclic amines) is 2. The molecule has 1 spiro atoms. The number of aliphatic carboxylic acids is 2. The van der Waals surface area contributed by atoms with Gasteiger partial charge in [0.2, 0.25) is 0 Å². The van der Waals surface area contributed by atoms with Crippen LogP contribution in [0.2, 0.25) is 0 Å². The molecule has 47 heavy (non-hydrogen) atoms. The maximum absolute atomic E-state index is 10.6. The monoisotopic (exact) mass is 674 g/mol. The molecule has 6 rings (SSSR count). The second kappa shape index (κ2) is 14.8. The van der Waals surface area contributed by atoms with Gasteiger partial charge in [-0.3, -0.25) is 14.3 Å². The summed E-state index contributed by atoms with van der Waals surface area (Å²) >= 11 is 0. The molecule has 0 amide bonds. The smallest absolute Gasteiger partial charge is 0.482 e. The number of alkyl halides is 6. The van der Waals surface area contributed by atoms with Crippen molar-refractivity contribution in [3.05, 3.63) is 54.0 Å². The molecule has 0 unspecified atom stereocenters. The number of carboxylic acids is 2. The van der Waals surface area contributed by atoms with Crippen LogP contribution in [0.4, 0.5) is 26.3 Å². The molecule has 3 aliphatic rings. The van der Waals surface area contributed by atoms with Crippen LogP contribution < -0.4 is 4.74 Å². The van der Waals surface area contributed by atoms with Crippen molar-refractivity contribution in [2.75, 3.05) is 32.7 Å². The molecule has 17 heteroatoms. The Hall–Kier alpha value is -4.12. The molecular weight excluding hydrogens is 638 g/mol. The summed E-state index contributed by atoms with van der Waals surface area (Å²) in [6.45, 7) is 10.5. The number of benzene rings is 1.